The first-order valence-electron chi connectivity index (χ1n) is 9.06. The number of hydrogen-bond acceptors (Lipinski definition) is 4. The smallest absolute Gasteiger partial charge is 0.191 e. The number of hydrogen-bond donors (Lipinski definition) is 2. The molecule has 24 heavy (non-hydrogen) atoms. The van der Waals surface area contributed by atoms with Crippen LogP contribution in [-0.2, 0) is 4.74 Å². The average Bonchev–Trinajstić information content (AvgIpc) is 3.24. The van der Waals surface area contributed by atoms with Crippen molar-refractivity contribution >= 4 is 5.96 Å². The summed E-state index contributed by atoms with van der Waals surface area (Å²) < 4.78 is 11.0. The summed E-state index contributed by atoms with van der Waals surface area (Å²) in [5, 5.41) is 6.68. The van der Waals surface area contributed by atoms with E-state index in [2.05, 4.69) is 28.5 Å². The van der Waals surface area contributed by atoms with Crippen molar-refractivity contribution < 1.29 is 9.15 Å². The zero-order valence-electron chi connectivity index (χ0n) is 15.3. The van der Waals surface area contributed by atoms with E-state index in [1.165, 1.54) is 12.8 Å². The number of methoxy groups -OCH3 is 1. The highest BCUT2D eigenvalue weighted by molar-refractivity contribution is 5.79. The fourth-order valence-electron chi connectivity index (χ4n) is 3.01. The molecule has 0 aliphatic carbocycles. The van der Waals surface area contributed by atoms with Crippen LogP contribution in [0, 0.1) is 6.92 Å². The molecule has 1 fully saturated rings. The van der Waals surface area contributed by atoms with Crippen LogP contribution in [-0.4, -0.2) is 57.3 Å². The molecule has 2 N–H and O–H groups in total. The maximum atomic E-state index is 5.90. The zero-order chi connectivity index (χ0) is 17.2. The van der Waals surface area contributed by atoms with Crippen LogP contribution in [0.2, 0.25) is 0 Å². The number of guanidine groups is 1. The van der Waals surface area contributed by atoms with E-state index >= 15 is 0 Å². The lowest BCUT2D eigenvalue weighted by atomic mass is 10.2. The normalized spacial score (nSPS) is 17.2. The summed E-state index contributed by atoms with van der Waals surface area (Å²) in [6.07, 6.45) is 3.48. The molecule has 1 aliphatic rings. The van der Waals surface area contributed by atoms with Crippen molar-refractivity contribution in [1.29, 1.82) is 0 Å². The Kier molecular flexibility index (Phi) is 8.12. The lowest BCUT2D eigenvalue weighted by molar-refractivity contribution is 0.195. The predicted molar refractivity (Wildman–Crippen MR) is 97.5 cm³/mol. The zero-order valence-corrected chi connectivity index (χ0v) is 15.3. The van der Waals surface area contributed by atoms with Gasteiger partial charge < -0.3 is 19.8 Å². The minimum Gasteiger partial charge on any atom is -0.465 e. The summed E-state index contributed by atoms with van der Waals surface area (Å²) >= 11 is 0. The second-order valence-electron chi connectivity index (χ2n) is 6.20. The summed E-state index contributed by atoms with van der Waals surface area (Å²) in [5.41, 5.74) is 0. The highest BCUT2D eigenvalue weighted by Gasteiger charge is 2.25. The Labute approximate surface area is 145 Å². The highest BCUT2D eigenvalue weighted by Crippen LogP contribution is 2.26. The van der Waals surface area contributed by atoms with E-state index in [0.29, 0.717) is 6.54 Å². The number of aryl methyl sites for hydroxylation is 1. The van der Waals surface area contributed by atoms with Crippen molar-refractivity contribution in [2.75, 3.05) is 46.4 Å². The molecule has 1 aromatic heterocycles. The first-order chi connectivity index (χ1) is 11.7. The molecular formula is C18H32N4O2. The van der Waals surface area contributed by atoms with Gasteiger partial charge in [-0.2, -0.15) is 0 Å². The van der Waals surface area contributed by atoms with Crippen LogP contribution in [0.1, 0.15) is 43.7 Å². The minimum absolute atomic E-state index is 0.218. The molecule has 1 aliphatic heterocycles. The number of rotatable bonds is 9. The van der Waals surface area contributed by atoms with Gasteiger partial charge in [0.1, 0.15) is 11.5 Å². The van der Waals surface area contributed by atoms with Crippen LogP contribution in [0.15, 0.2) is 21.5 Å². The maximum absolute atomic E-state index is 5.90. The van der Waals surface area contributed by atoms with E-state index in [1.54, 1.807) is 7.11 Å². The van der Waals surface area contributed by atoms with Gasteiger partial charge in [0.25, 0.3) is 0 Å². The van der Waals surface area contributed by atoms with Gasteiger partial charge in [-0.25, -0.2) is 0 Å². The van der Waals surface area contributed by atoms with Crippen molar-refractivity contribution in [3.63, 3.8) is 0 Å². The second kappa shape index (κ2) is 10.4. The number of ether oxygens (including phenoxy) is 1. The van der Waals surface area contributed by atoms with E-state index in [1.807, 2.05) is 13.0 Å². The lowest BCUT2D eigenvalue weighted by Gasteiger charge is -2.24. The van der Waals surface area contributed by atoms with Gasteiger partial charge >= 0.3 is 0 Å². The molecule has 6 nitrogen and oxygen atoms in total. The van der Waals surface area contributed by atoms with E-state index in [9.17, 15) is 0 Å². The molecule has 0 radical (unpaired) electrons. The third-order valence-corrected chi connectivity index (χ3v) is 4.26. The third-order valence-electron chi connectivity index (χ3n) is 4.26. The lowest BCUT2D eigenvalue weighted by Crippen LogP contribution is -2.39. The van der Waals surface area contributed by atoms with Gasteiger partial charge in [-0.15, -0.1) is 0 Å². The number of likely N-dealkylation sites (tertiary alicyclic amines) is 1. The molecule has 1 saturated heterocycles. The molecule has 6 heteroatoms. The van der Waals surface area contributed by atoms with Crippen molar-refractivity contribution in [2.45, 2.75) is 39.2 Å². The van der Waals surface area contributed by atoms with Gasteiger partial charge in [-0.3, -0.25) is 9.89 Å². The van der Waals surface area contributed by atoms with Gasteiger partial charge in [-0.1, -0.05) is 0 Å². The first kappa shape index (κ1) is 18.8. The third kappa shape index (κ3) is 5.83. The van der Waals surface area contributed by atoms with Crippen molar-refractivity contribution in [3.05, 3.63) is 23.7 Å². The van der Waals surface area contributed by atoms with Crippen molar-refractivity contribution in [2.24, 2.45) is 4.99 Å². The van der Waals surface area contributed by atoms with Crippen LogP contribution in [0.5, 0.6) is 0 Å². The van der Waals surface area contributed by atoms with Crippen LogP contribution < -0.4 is 10.6 Å². The molecular weight excluding hydrogens is 304 g/mol. The summed E-state index contributed by atoms with van der Waals surface area (Å²) in [7, 11) is 1.73. The molecule has 136 valence electrons. The fraction of sp³-hybridized carbons (Fsp3) is 0.722. The van der Waals surface area contributed by atoms with Gasteiger partial charge in [-0.05, 0) is 58.3 Å². The molecule has 2 heterocycles. The van der Waals surface area contributed by atoms with Crippen LogP contribution in [0.4, 0.5) is 0 Å². The number of nitrogens with one attached hydrogen (secondary N) is 2. The molecule has 0 spiro atoms. The summed E-state index contributed by atoms with van der Waals surface area (Å²) in [6.45, 7) is 9.49. The number of furan rings is 1. The first-order valence-corrected chi connectivity index (χ1v) is 9.06. The van der Waals surface area contributed by atoms with Gasteiger partial charge in [0.05, 0.1) is 12.6 Å². The summed E-state index contributed by atoms with van der Waals surface area (Å²) in [5.74, 6) is 2.84. The van der Waals surface area contributed by atoms with Gasteiger partial charge in [0.15, 0.2) is 5.96 Å². The monoisotopic (exact) mass is 336 g/mol. The molecule has 0 amide bonds. The molecule has 1 atom stereocenters. The highest BCUT2D eigenvalue weighted by atomic mass is 16.5. The van der Waals surface area contributed by atoms with E-state index < -0.39 is 0 Å². The average molecular weight is 336 g/mol. The number of aliphatic imine (C=N–C) groups is 1. The summed E-state index contributed by atoms with van der Waals surface area (Å²) in [6, 6.07) is 4.35. The van der Waals surface area contributed by atoms with Crippen LogP contribution in [0.25, 0.3) is 0 Å². The molecule has 1 aromatic rings. The minimum atomic E-state index is 0.218. The standard InChI is InChI=1S/C18H32N4O2/c1-4-19-18(20-10-7-13-23-3)21-14-16(22-11-5-6-12-22)17-9-8-15(2)24-17/h8-9,16H,4-7,10-14H2,1-3H3,(H2,19,20,21). The molecule has 1 unspecified atom stereocenters. The Bertz CT molecular complexity index is 495. The topological polar surface area (TPSA) is 62.0 Å². The predicted octanol–water partition coefficient (Wildman–Crippen LogP) is 2.32. The molecule has 2 rings (SSSR count). The van der Waals surface area contributed by atoms with E-state index in [0.717, 1.165) is 56.7 Å². The second-order valence-corrected chi connectivity index (χ2v) is 6.20. The van der Waals surface area contributed by atoms with Crippen molar-refractivity contribution in [1.82, 2.24) is 15.5 Å². The molecule has 0 saturated carbocycles. The van der Waals surface area contributed by atoms with Crippen LogP contribution >= 0.6 is 0 Å². The largest absolute Gasteiger partial charge is 0.465 e. The Morgan fingerprint density at radius 1 is 1.33 bits per heavy atom. The molecule has 0 bridgehead atoms. The van der Waals surface area contributed by atoms with E-state index in [4.69, 9.17) is 14.1 Å². The Morgan fingerprint density at radius 2 is 2.12 bits per heavy atom. The number of nitrogens with zero attached hydrogens (tertiary/aromatic N) is 2. The fourth-order valence-corrected chi connectivity index (χ4v) is 3.01. The Morgan fingerprint density at radius 3 is 2.75 bits per heavy atom. The van der Waals surface area contributed by atoms with Gasteiger partial charge in [0, 0.05) is 26.8 Å². The summed E-state index contributed by atoms with van der Waals surface area (Å²) in [4.78, 5) is 7.28. The SMILES string of the molecule is CCNC(=NCC(c1ccc(C)o1)N1CCCC1)NCCCOC. The Balaban J connectivity index is 1.99. The quantitative estimate of drug-likeness (QED) is 0.412. The van der Waals surface area contributed by atoms with Crippen LogP contribution in [0.3, 0.4) is 0 Å². The van der Waals surface area contributed by atoms with E-state index in [-0.39, 0.29) is 6.04 Å². The molecule has 0 aromatic carbocycles. The Hall–Kier alpha value is -1.53. The maximum Gasteiger partial charge on any atom is 0.191 e. The van der Waals surface area contributed by atoms with Gasteiger partial charge in [0.2, 0.25) is 0 Å². The van der Waals surface area contributed by atoms with Crippen molar-refractivity contribution in [3.8, 4) is 0 Å².